The number of alkyl halides is 3. The summed E-state index contributed by atoms with van der Waals surface area (Å²) in [6.07, 6.45) is -3.06. The average Bonchev–Trinajstić information content (AvgIpc) is 3.30. The summed E-state index contributed by atoms with van der Waals surface area (Å²) in [4.78, 5) is 20.1. The van der Waals surface area contributed by atoms with E-state index in [1.54, 1.807) is 32.9 Å². The van der Waals surface area contributed by atoms with Crippen molar-refractivity contribution in [3.63, 3.8) is 0 Å². The first kappa shape index (κ1) is 32.0. The van der Waals surface area contributed by atoms with Crippen molar-refractivity contribution in [2.45, 2.75) is 52.8 Å². The second-order valence-electron chi connectivity index (χ2n) is 10.3. The molecular weight excluding hydrogens is 564 g/mol. The number of benzene rings is 1. The van der Waals surface area contributed by atoms with Gasteiger partial charge in [-0.1, -0.05) is 19.2 Å². The lowest BCUT2D eigenvalue weighted by atomic mass is 9.95. The molecule has 3 aromatic rings. The molecule has 3 rings (SSSR count). The minimum Gasteiger partial charge on any atom is -0.476 e. The summed E-state index contributed by atoms with van der Waals surface area (Å²) in [6, 6.07) is 6.41. The Balaban J connectivity index is 1.80. The number of ether oxygens (including phenoxy) is 4. The molecule has 9 nitrogen and oxygen atoms in total. The smallest absolute Gasteiger partial charge is 0.422 e. The highest BCUT2D eigenvalue weighted by Gasteiger charge is 2.31. The zero-order valence-electron chi connectivity index (χ0n) is 23.8. The van der Waals surface area contributed by atoms with E-state index in [9.17, 15) is 18.0 Å². The topological polar surface area (TPSA) is 97.6 Å². The van der Waals surface area contributed by atoms with Crippen LogP contribution in [0.1, 0.15) is 19.4 Å². The molecule has 0 saturated heterocycles. The number of nitrogens with zero attached hydrogens (tertiary/aromatic N) is 4. The normalized spacial score (nSPS) is 12.1. The molecule has 0 atom stereocenters. The van der Waals surface area contributed by atoms with E-state index in [2.05, 4.69) is 28.2 Å². The summed E-state index contributed by atoms with van der Waals surface area (Å²) in [7, 11) is 0.760. The molecule has 0 saturated carbocycles. The second kappa shape index (κ2) is 13.4. The first-order valence-electron chi connectivity index (χ1n) is 12.7. The lowest BCUT2D eigenvalue weighted by molar-refractivity contribution is -0.155. The Morgan fingerprint density at radius 1 is 1.07 bits per heavy atom. The lowest BCUT2D eigenvalue weighted by Crippen LogP contribution is -2.32. The minimum atomic E-state index is -4.59. The molecule has 0 aliphatic rings. The van der Waals surface area contributed by atoms with Crippen LogP contribution in [0.4, 0.5) is 17.6 Å². The third-order valence-electron chi connectivity index (χ3n) is 5.89. The maximum absolute atomic E-state index is 15.3. The molecule has 2 aromatic heterocycles. The second-order valence-corrected chi connectivity index (χ2v) is 13.2. The molecular formula is C27H33F4N4O5Si. The fourth-order valence-electron chi connectivity index (χ4n) is 3.57. The van der Waals surface area contributed by atoms with Gasteiger partial charge in [0.15, 0.2) is 12.4 Å². The quantitative estimate of drug-likeness (QED) is 0.107. The van der Waals surface area contributed by atoms with Crippen molar-refractivity contribution < 1.29 is 41.3 Å². The van der Waals surface area contributed by atoms with Crippen molar-refractivity contribution in [1.29, 1.82) is 0 Å². The van der Waals surface area contributed by atoms with Gasteiger partial charge in [0.2, 0.25) is 5.88 Å². The van der Waals surface area contributed by atoms with Gasteiger partial charge in [-0.3, -0.25) is 4.79 Å². The third-order valence-corrected chi connectivity index (χ3v) is 7.09. The van der Waals surface area contributed by atoms with Crippen LogP contribution in [0.5, 0.6) is 11.9 Å². The fourth-order valence-corrected chi connectivity index (χ4v) is 4.12. The Morgan fingerprint density at radius 3 is 2.41 bits per heavy atom. The molecule has 2 heterocycles. The SMILES string of the molecule is COC(=O)C(C)(C)COc1cc(C)c(-c2ccc(-c3nc(OCC(F)(F)F)n(COCC[Si](C)C)n3)c(F)c2)cn1. The van der Waals surface area contributed by atoms with Gasteiger partial charge >= 0.3 is 18.2 Å². The number of rotatable bonds is 13. The summed E-state index contributed by atoms with van der Waals surface area (Å²) in [6.45, 7) is 8.09. The number of carbonyl (C=O) groups is 1. The largest absolute Gasteiger partial charge is 0.476 e. The van der Waals surface area contributed by atoms with Gasteiger partial charge in [0.05, 0.1) is 18.1 Å². The average molecular weight is 598 g/mol. The molecule has 41 heavy (non-hydrogen) atoms. The molecule has 0 aliphatic carbocycles. The van der Waals surface area contributed by atoms with Gasteiger partial charge in [-0.15, -0.1) is 5.10 Å². The maximum Gasteiger partial charge on any atom is 0.422 e. The van der Waals surface area contributed by atoms with Crippen LogP contribution in [0.3, 0.4) is 0 Å². The van der Waals surface area contributed by atoms with Gasteiger partial charge in [0.25, 0.3) is 0 Å². The van der Waals surface area contributed by atoms with E-state index in [1.807, 2.05) is 0 Å². The van der Waals surface area contributed by atoms with Crippen molar-refractivity contribution in [2.24, 2.45) is 5.41 Å². The lowest BCUT2D eigenvalue weighted by Gasteiger charge is -2.21. The van der Waals surface area contributed by atoms with Gasteiger partial charge < -0.3 is 18.9 Å². The Bertz CT molecular complexity index is 1350. The van der Waals surface area contributed by atoms with Gasteiger partial charge in [0, 0.05) is 33.2 Å². The molecule has 0 unspecified atom stereocenters. The molecule has 1 radical (unpaired) electrons. The number of pyridine rings is 1. The predicted octanol–water partition coefficient (Wildman–Crippen LogP) is 5.70. The number of esters is 1. The van der Waals surface area contributed by atoms with Crippen LogP contribution in [-0.4, -0.2) is 67.6 Å². The molecule has 0 amide bonds. The van der Waals surface area contributed by atoms with E-state index < -0.39 is 44.8 Å². The molecule has 223 valence electrons. The number of hydrogen-bond donors (Lipinski definition) is 0. The highest BCUT2D eigenvalue weighted by molar-refractivity contribution is 6.55. The molecule has 0 bridgehead atoms. The predicted molar refractivity (Wildman–Crippen MR) is 144 cm³/mol. The number of methoxy groups -OCH3 is 1. The van der Waals surface area contributed by atoms with E-state index in [4.69, 9.17) is 18.9 Å². The Labute approximate surface area is 237 Å². The van der Waals surface area contributed by atoms with Crippen LogP contribution < -0.4 is 9.47 Å². The Kier molecular flexibility index (Phi) is 10.5. The molecule has 14 heteroatoms. The molecule has 0 fully saturated rings. The van der Waals surface area contributed by atoms with Crippen LogP contribution in [0.2, 0.25) is 19.1 Å². The number of aromatic nitrogens is 4. The van der Waals surface area contributed by atoms with Crippen molar-refractivity contribution in [1.82, 2.24) is 19.7 Å². The van der Waals surface area contributed by atoms with Gasteiger partial charge in [-0.25, -0.2) is 9.37 Å². The van der Waals surface area contributed by atoms with E-state index in [-0.39, 0.29) is 24.7 Å². The standard InChI is InChI=1S/C27H33F4N4O5Si/c1-17-11-22(39-14-26(2,3)24(36)37-4)32-13-20(17)18-7-8-19(21(28)12-18)23-33-25(40-15-27(29,30)31)35(34-23)16-38-9-10-41(5)6/h7-8,11-13H,9-10,14-16H2,1-6H3. The number of aryl methyl sites for hydroxylation is 1. The Morgan fingerprint density at radius 2 is 1.80 bits per heavy atom. The van der Waals surface area contributed by atoms with Crippen LogP contribution in [0, 0.1) is 18.2 Å². The van der Waals surface area contributed by atoms with Crippen LogP contribution >= 0.6 is 0 Å². The first-order valence-corrected chi connectivity index (χ1v) is 15.4. The fraction of sp³-hybridized carbons (Fsp3) is 0.481. The van der Waals surface area contributed by atoms with Crippen molar-refractivity contribution >= 4 is 14.8 Å². The third kappa shape index (κ3) is 8.98. The summed E-state index contributed by atoms with van der Waals surface area (Å²) in [5.74, 6) is -0.956. The molecule has 0 N–H and O–H groups in total. The summed E-state index contributed by atoms with van der Waals surface area (Å²) >= 11 is 0. The maximum atomic E-state index is 15.3. The number of carbonyl (C=O) groups excluding carboxylic acids is 1. The first-order chi connectivity index (χ1) is 19.2. The van der Waals surface area contributed by atoms with E-state index in [1.165, 1.54) is 25.4 Å². The summed E-state index contributed by atoms with van der Waals surface area (Å²) < 4.78 is 75.4. The highest BCUT2D eigenvalue weighted by atomic mass is 28.3. The Hall–Kier alpha value is -3.52. The molecule has 0 aliphatic heterocycles. The van der Waals surface area contributed by atoms with Crippen LogP contribution in [-0.2, 0) is 21.0 Å². The summed E-state index contributed by atoms with van der Waals surface area (Å²) in [5, 5.41) is 4.14. The number of halogens is 4. The van der Waals surface area contributed by atoms with Gasteiger partial charge in [0.1, 0.15) is 19.2 Å². The van der Waals surface area contributed by atoms with Crippen LogP contribution in [0.15, 0.2) is 30.5 Å². The summed E-state index contributed by atoms with van der Waals surface area (Å²) in [5.41, 5.74) is 0.980. The molecule has 0 spiro atoms. The van der Waals surface area contributed by atoms with Crippen molar-refractivity contribution in [3.05, 3.63) is 41.8 Å². The number of hydrogen-bond acceptors (Lipinski definition) is 8. The van der Waals surface area contributed by atoms with E-state index in [0.717, 1.165) is 16.3 Å². The van der Waals surface area contributed by atoms with E-state index in [0.29, 0.717) is 23.6 Å². The highest BCUT2D eigenvalue weighted by Crippen LogP contribution is 2.31. The minimum absolute atomic E-state index is 0.0208. The monoisotopic (exact) mass is 597 g/mol. The molecule has 1 aromatic carbocycles. The van der Waals surface area contributed by atoms with Crippen molar-refractivity contribution in [2.75, 3.05) is 26.9 Å². The van der Waals surface area contributed by atoms with Gasteiger partial charge in [-0.05, 0) is 50.1 Å². The zero-order chi connectivity index (χ0) is 30.4. The van der Waals surface area contributed by atoms with Gasteiger partial charge in [-0.2, -0.15) is 22.8 Å². The van der Waals surface area contributed by atoms with Crippen molar-refractivity contribution in [3.8, 4) is 34.4 Å². The van der Waals surface area contributed by atoms with Crippen LogP contribution in [0.25, 0.3) is 22.5 Å². The zero-order valence-corrected chi connectivity index (χ0v) is 24.8. The van der Waals surface area contributed by atoms with E-state index >= 15 is 4.39 Å².